The van der Waals surface area contributed by atoms with Crippen molar-refractivity contribution in [3.8, 4) is 5.75 Å². The fourth-order valence-electron chi connectivity index (χ4n) is 1.11. The van der Waals surface area contributed by atoms with E-state index in [1.807, 2.05) is 24.3 Å². The first-order chi connectivity index (χ1) is 7.68. The molecule has 0 aliphatic rings. The van der Waals surface area contributed by atoms with Gasteiger partial charge in [0.15, 0.2) is 0 Å². The minimum absolute atomic E-state index is 0.290. The van der Waals surface area contributed by atoms with Gasteiger partial charge in [0.05, 0.1) is 0 Å². The summed E-state index contributed by atoms with van der Waals surface area (Å²) in [6.07, 6.45) is 0.359. The first-order valence-electron chi connectivity index (χ1n) is 5.06. The predicted molar refractivity (Wildman–Crippen MR) is 66.3 cm³/mol. The van der Waals surface area contributed by atoms with Crippen molar-refractivity contribution in [2.24, 2.45) is 5.73 Å². The number of nitrogens with one attached hydrogen (secondary N) is 1. The average Bonchev–Trinajstić information content (AvgIpc) is 2.25. The zero-order valence-electron chi connectivity index (χ0n) is 8.91. The van der Waals surface area contributed by atoms with Gasteiger partial charge in [-0.3, -0.25) is 4.79 Å². The van der Waals surface area contributed by atoms with Crippen molar-refractivity contribution in [1.29, 1.82) is 0 Å². The summed E-state index contributed by atoms with van der Waals surface area (Å²) in [5, 5.41) is 3.06. The molecule has 0 fully saturated rings. The molecule has 0 saturated carbocycles. The van der Waals surface area contributed by atoms with E-state index in [2.05, 4.69) is 21.2 Å². The molecule has 0 aliphatic carbocycles. The van der Waals surface area contributed by atoms with Crippen molar-refractivity contribution in [1.82, 2.24) is 5.32 Å². The van der Waals surface area contributed by atoms with Crippen molar-refractivity contribution in [3.63, 3.8) is 0 Å². The number of carbonyl (C=O) groups excluding carboxylic acids is 1. The van der Waals surface area contributed by atoms with Crippen LogP contribution in [0.1, 0.15) is 6.42 Å². The van der Waals surface area contributed by atoms with Gasteiger partial charge in [0.2, 0.25) is 5.91 Å². The normalized spacial score (nSPS) is 10.1. The van der Waals surface area contributed by atoms with Gasteiger partial charge in [0.25, 0.3) is 0 Å². The molecule has 0 unspecified atom stereocenters. The largest absolute Gasteiger partial charge is 0.492 e. The molecule has 0 atom stereocenters. The van der Waals surface area contributed by atoms with Crippen molar-refractivity contribution in [2.75, 3.05) is 19.7 Å². The number of nitrogens with two attached hydrogens (primary N) is 1. The van der Waals surface area contributed by atoms with E-state index in [0.29, 0.717) is 26.1 Å². The van der Waals surface area contributed by atoms with Gasteiger partial charge in [0, 0.05) is 24.0 Å². The van der Waals surface area contributed by atoms with E-state index >= 15 is 0 Å². The van der Waals surface area contributed by atoms with Gasteiger partial charge in [-0.25, -0.2) is 0 Å². The van der Waals surface area contributed by atoms with Crippen LogP contribution in [0.5, 0.6) is 5.75 Å². The summed E-state index contributed by atoms with van der Waals surface area (Å²) < 4.78 is 6.50. The number of halogens is 1. The van der Waals surface area contributed by atoms with Crippen LogP contribution in [0.15, 0.2) is 28.7 Å². The minimum Gasteiger partial charge on any atom is -0.492 e. The molecular weight excluding hydrogens is 272 g/mol. The summed E-state index contributed by atoms with van der Waals surface area (Å²) in [6.45, 7) is 1.86. The molecule has 0 radical (unpaired) electrons. The lowest BCUT2D eigenvalue weighted by atomic mass is 10.3. The molecule has 5 heteroatoms. The van der Waals surface area contributed by atoms with Crippen LogP contribution in [0.3, 0.4) is 0 Å². The third-order valence-electron chi connectivity index (χ3n) is 1.91. The zero-order chi connectivity index (χ0) is 11.8. The zero-order valence-corrected chi connectivity index (χ0v) is 10.5. The highest BCUT2D eigenvalue weighted by atomic mass is 79.9. The van der Waals surface area contributed by atoms with E-state index in [0.717, 1.165) is 10.2 Å². The summed E-state index contributed by atoms with van der Waals surface area (Å²) in [5.74, 6) is 0.543. The van der Waals surface area contributed by atoms with Crippen LogP contribution in [0.2, 0.25) is 0 Å². The van der Waals surface area contributed by atoms with Gasteiger partial charge in [-0.15, -0.1) is 0 Å². The lowest BCUT2D eigenvalue weighted by Gasteiger charge is -2.06. The standard InChI is InChI=1S/C11H15BrN2O2/c12-9-1-3-10(4-2-9)16-8-7-14-6-5-11(13)15/h1-4,14H,5-8H2,(H2,13,15). The number of rotatable bonds is 7. The van der Waals surface area contributed by atoms with E-state index in [1.165, 1.54) is 0 Å². The highest BCUT2D eigenvalue weighted by molar-refractivity contribution is 9.10. The van der Waals surface area contributed by atoms with Gasteiger partial charge in [0.1, 0.15) is 12.4 Å². The lowest BCUT2D eigenvalue weighted by Crippen LogP contribution is -2.25. The quantitative estimate of drug-likeness (QED) is 0.743. The maximum Gasteiger partial charge on any atom is 0.218 e. The average molecular weight is 287 g/mol. The highest BCUT2D eigenvalue weighted by Crippen LogP contribution is 2.15. The molecule has 1 amide bonds. The van der Waals surface area contributed by atoms with E-state index < -0.39 is 0 Å². The fourth-order valence-corrected chi connectivity index (χ4v) is 1.37. The van der Waals surface area contributed by atoms with Crippen molar-refractivity contribution in [2.45, 2.75) is 6.42 Å². The van der Waals surface area contributed by atoms with E-state index in [4.69, 9.17) is 10.5 Å². The molecule has 0 heterocycles. The first kappa shape index (κ1) is 13.0. The molecule has 16 heavy (non-hydrogen) atoms. The fraction of sp³-hybridized carbons (Fsp3) is 0.364. The van der Waals surface area contributed by atoms with Gasteiger partial charge in [-0.1, -0.05) is 15.9 Å². The van der Waals surface area contributed by atoms with E-state index in [1.54, 1.807) is 0 Å². The Labute approximate surface area is 103 Å². The third kappa shape index (κ3) is 5.72. The van der Waals surface area contributed by atoms with Crippen LogP contribution in [-0.2, 0) is 4.79 Å². The Bertz CT molecular complexity index is 327. The van der Waals surface area contributed by atoms with Crippen LogP contribution in [0.4, 0.5) is 0 Å². The molecule has 1 aromatic carbocycles. The van der Waals surface area contributed by atoms with E-state index in [9.17, 15) is 4.79 Å². The monoisotopic (exact) mass is 286 g/mol. The van der Waals surface area contributed by atoms with Crippen LogP contribution >= 0.6 is 15.9 Å². The summed E-state index contributed by atoms with van der Waals surface area (Å²) in [4.78, 5) is 10.4. The van der Waals surface area contributed by atoms with Gasteiger partial charge in [-0.05, 0) is 24.3 Å². The number of hydrogen-bond acceptors (Lipinski definition) is 3. The lowest BCUT2D eigenvalue weighted by molar-refractivity contribution is -0.117. The summed E-state index contributed by atoms with van der Waals surface area (Å²) in [5.41, 5.74) is 5.00. The summed E-state index contributed by atoms with van der Waals surface area (Å²) in [7, 11) is 0. The molecule has 0 aromatic heterocycles. The van der Waals surface area contributed by atoms with Crippen LogP contribution < -0.4 is 15.8 Å². The molecule has 0 aliphatic heterocycles. The number of benzene rings is 1. The first-order valence-corrected chi connectivity index (χ1v) is 5.85. The smallest absolute Gasteiger partial charge is 0.218 e. The summed E-state index contributed by atoms with van der Waals surface area (Å²) in [6, 6.07) is 7.65. The molecule has 1 rings (SSSR count). The number of amides is 1. The molecule has 0 bridgehead atoms. The van der Waals surface area contributed by atoms with Crippen molar-refractivity contribution in [3.05, 3.63) is 28.7 Å². The summed E-state index contributed by atoms with van der Waals surface area (Å²) >= 11 is 3.35. The molecule has 88 valence electrons. The number of primary amides is 1. The second-order valence-corrected chi connectivity index (χ2v) is 4.18. The third-order valence-corrected chi connectivity index (χ3v) is 2.44. The molecule has 4 nitrogen and oxygen atoms in total. The van der Waals surface area contributed by atoms with Crippen molar-refractivity contribution >= 4 is 21.8 Å². The van der Waals surface area contributed by atoms with Gasteiger partial charge < -0.3 is 15.8 Å². The Hall–Kier alpha value is -1.07. The molecule has 1 aromatic rings. The maximum absolute atomic E-state index is 10.4. The molecule has 0 spiro atoms. The number of ether oxygens (including phenoxy) is 1. The molecule has 0 saturated heterocycles. The van der Waals surface area contributed by atoms with Crippen LogP contribution in [0, 0.1) is 0 Å². The SMILES string of the molecule is NC(=O)CCNCCOc1ccc(Br)cc1. The Morgan fingerprint density at radius 2 is 2.00 bits per heavy atom. The van der Waals surface area contributed by atoms with E-state index in [-0.39, 0.29) is 5.91 Å². The van der Waals surface area contributed by atoms with Crippen LogP contribution in [-0.4, -0.2) is 25.6 Å². The second kappa shape index (κ2) is 7.24. The molecule has 3 N–H and O–H groups in total. The Morgan fingerprint density at radius 3 is 2.62 bits per heavy atom. The maximum atomic E-state index is 10.4. The topological polar surface area (TPSA) is 64.4 Å². The predicted octanol–water partition coefficient (Wildman–Crippen LogP) is 1.29. The van der Waals surface area contributed by atoms with Crippen LogP contribution in [0.25, 0.3) is 0 Å². The Balaban J connectivity index is 2.07. The number of carbonyl (C=O) groups is 1. The Morgan fingerprint density at radius 1 is 1.31 bits per heavy atom. The van der Waals surface area contributed by atoms with Gasteiger partial charge in [-0.2, -0.15) is 0 Å². The van der Waals surface area contributed by atoms with Gasteiger partial charge >= 0.3 is 0 Å². The molecular formula is C11H15BrN2O2. The minimum atomic E-state index is -0.290. The number of hydrogen-bond donors (Lipinski definition) is 2. The van der Waals surface area contributed by atoms with Crippen molar-refractivity contribution < 1.29 is 9.53 Å². The highest BCUT2D eigenvalue weighted by Gasteiger charge is 1.95. The Kier molecular flexibility index (Phi) is 5.88. The second-order valence-electron chi connectivity index (χ2n) is 3.27.